The number of hydrogen-bond donors (Lipinski definition) is 2. The zero-order chi connectivity index (χ0) is 22.6. The summed E-state index contributed by atoms with van der Waals surface area (Å²) >= 11 is 0. The van der Waals surface area contributed by atoms with Crippen molar-refractivity contribution in [2.75, 3.05) is 36.5 Å². The number of ether oxygens (including phenoxy) is 2. The Bertz CT molecular complexity index is 1310. The molecule has 0 spiro atoms. The van der Waals surface area contributed by atoms with E-state index in [1.165, 1.54) is 12.4 Å². The zero-order valence-electron chi connectivity index (χ0n) is 17.8. The molecular weight excluding hydrogens is 420 g/mol. The molecule has 0 radical (unpaired) electrons. The Kier molecular flexibility index (Phi) is 5.69. The van der Waals surface area contributed by atoms with Crippen LogP contribution < -0.4 is 15.0 Å². The first-order valence-electron chi connectivity index (χ1n) is 10.5. The van der Waals surface area contributed by atoms with Crippen molar-refractivity contribution in [3.05, 3.63) is 67.6 Å². The third kappa shape index (κ3) is 4.39. The van der Waals surface area contributed by atoms with E-state index in [4.69, 9.17) is 9.47 Å². The molecule has 1 saturated heterocycles. The SMILES string of the molecule is C=CC(=O)Nc1cc(Oc2ncnc3[nH]c(-c4ccccc4N4CCOCC4)cc23)ccn1. The van der Waals surface area contributed by atoms with Crippen LogP contribution in [0.5, 0.6) is 11.6 Å². The second-order valence-corrected chi connectivity index (χ2v) is 7.41. The normalized spacial score (nSPS) is 13.6. The molecule has 5 rings (SSSR count). The second-order valence-electron chi connectivity index (χ2n) is 7.41. The number of carbonyl (C=O) groups excluding carboxylic acids is 1. The number of fused-ring (bicyclic) bond motifs is 1. The highest BCUT2D eigenvalue weighted by Crippen LogP contribution is 2.35. The fraction of sp³-hybridized carbons (Fsp3) is 0.167. The Morgan fingerprint density at radius 1 is 1.15 bits per heavy atom. The van der Waals surface area contributed by atoms with Gasteiger partial charge in [0, 0.05) is 42.3 Å². The molecule has 0 atom stereocenters. The molecule has 1 aliphatic heterocycles. The van der Waals surface area contributed by atoms with Crippen LogP contribution in [0.15, 0.2) is 67.6 Å². The fourth-order valence-corrected chi connectivity index (χ4v) is 3.76. The summed E-state index contributed by atoms with van der Waals surface area (Å²) in [6.07, 6.45) is 4.18. The Morgan fingerprint density at radius 2 is 2.00 bits per heavy atom. The molecule has 1 aromatic carbocycles. The molecule has 0 bridgehead atoms. The molecule has 9 nitrogen and oxygen atoms in total. The van der Waals surface area contributed by atoms with Gasteiger partial charge < -0.3 is 24.7 Å². The lowest BCUT2D eigenvalue weighted by molar-refractivity contribution is -0.111. The van der Waals surface area contributed by atoms with Crippen molar-refractivity contribution in [2.45, 2.75) is 0 Å². The van der Waals surface area contributed by atoms with Gasteiger partial charge in [0.25, 0.3) is 0 Å². The van der Waals surface area contributed by atoms with Crippen LogP contribution in [0.3, 0.4) is 0 Å². The van der Waals surface area contributed by atoms with Crippen LogP contribution in [0.2, 0.25) is 0 Å². The number of anilines is 2. The van der Waals surface area contributed by atoms with Gasteiger partial charge in [-0.3, -0.25) is 4.79 Å². The summed E-state index contributed by atoms with van der Waals surface area (Å²) in [4.78, 5) is 30.1. The summed E-state index contributed by atoms with van der Waals surface area (Å²) < 4.78 is 11.5. The molecule has 0 unspecified atom stereocenters. The Balaban J connectivity index is 1.47. The number of hydrogen-bond acceptors (Lipinski definition) is 7. The number of pyridine rings is 1. The molecule has 1 fully saturated rings. The van der Waals surface area contributed by atoms with Crippen molar-refractivity contribution >= 4 is 28.4 Å². The number of para-hydroxylation sites is 1. The van der Waals surface area contributed by atoms with E-state index >= 15 is 0 Å². The highest BCUT2D eigenvalue weighted by atomic mass is 16.5. The highest BCUT2D eigenvalue weighted by molar-refractivity contribution is 5.98. The van der Waals surface area contributed by atoms with Crippen LogP contribution in [0.1, 0.15) is 0 Å². The van der Waals surface area contributed by atoms with Gasteiger partial charge in [0.15, 0.2) is 0 Å². The minimum Gasteiger partial charge on any atom is -0.438 e. The number of carbonyl (C=O) groups is 1. The van der Waals surface area contributed by atoms with Gasteiger partial charge in [-0.15, -0.1) is 0 Å². The van der Waals surface area contributed by atoms with Crippen LogP contribution in [0.25, 0.3) is 22.3 Å². The quantitative estimate of drug-likeness (QED) is 0.438. The van der Waals surface area contributed by atoms with E-state index in [0.29, 0.717) is 36.3 Å². The average molecular weight is 442 g/mol. The summed E-state index contributed by atoms with van der Waals surface area (Å²) in [6.45, 7) is 6.56. The third-order valence-corrected chi connectivity index (χ3v) is 5.32. The van der Waals surface area contributed by atoms with Gasteiger partial charge in [-0.2, -0.15) is 0 Å². The number of aromatic amines is 1. The van der Waals surface area contributed by atoms with Crippen molar-refractivity contribution < 1.29 is 14.3 Å². The smallest absolute Gasteiger partial charge is 0.248 e. The lowest BCUT2D eigenvalue weighted by Crippen LogP contribution is -2.36. The van der Waals surface area contributed by atoms with E-state index in [1.54, 1.807) is 18.3 Å². The molecule has 9 heteroatoms. The molecule has 0 saturated carbocycles. The third-order valence-electron chi connectivity index (χ3n) is 5.32. The summed E-state index contributed by atoms with van der Waals surface area (Å²) in [7, 11) is 0. The Labute approximate surface area is 190 Å². The molecular formula is C24H22N6O3. The Morgan fingerprint density at radius 3 is 2.85 bits per heavy atom. The van der Waals surface area contributed by atoms with Crippen molar-refractivity contribution in [3.63, 3.8) is 0 Å². The van der Waals surface area contributed by atoms with Crippen LogP contribution in [0.4, 0.5) is 11.5 Å². The van der Waals surface area contributed by atoms with Crippen molar-refractivity contribution in [1.82, 2.24) is 19.9 Å². The van der Waals surface area contributed by atoms with Gasteiger partial charge in [0.2, 0.25) is 11.8 Å². The minimum absolute atomic E-state index is 0.349. The zero-order valence-corrected chi connectivity index (χ0v) is 17.8. The monoisotopic (exact) mass is 442 g/mol. The number of rotatable bonds is 6. The van der Waals surface area contributed by atoms with E-state index in [0.717, 1.165) is 35.4 Å². The molecule has 166 valence electrons. The Hall–Kier alpha value is -4.24. The van der Waals surface area contributed by atoms with Gasteiger partial charge in [0.1, 0.15) is 23.5 Å². The van der Waals surface area contributed by atoms with Gasteiger partial charge in [-0.05, 0) is 24.3 Å². The number of benzene rings is 1. The predicted octanol–water partition coefficient (Wildman–Crippen LogP) is 3.77. The van der Waals surface area contributed by atoms with E-state index in [9.17, 15) is 4.79 Å². The fourth-order valence-electron chi connectivity index (χ4n) is 3.76. The topological polar surface area (TPSA) is 105 Å². The van der Waals surface area contributed by atoms with Crippen LogP contribution in [-0.4, -0.2) is 52.1 Å². The van der Waals surface area contributed by atoms with Crippen LogP contribution in [0, 0.1) is 0 Å². The van der Waals surface area contributed by atoms with E-state index in [-0.39, 0.29) is 5.91 Å². The van der Waals surface area contributed by atoms with Crippen molar-refractivity contribution in [3.8, 4) is 22.9 Å². The first-order valence-corrected chi connectivity index (χ1v) is 10.5. The molecule has 1 amide bonds. The number of H-pyrrole nitrogens is 1. The van der Waals surface area contributed by atoms with Gasteiger partial charge in [-0.1, -0.05) is 24.8 Å². The number of nitrogens with one attached hydrogen (secondary N) is 2. The maximum absolute atomic E-state index is 11.6. The average Bonchev–Trinajstić information content (AvgIpc) is 3.30. The maximum atomic E-state index is 11.6. The number of nitrogens with zero attached hydrogens (tertiary/aromatic N) is 4. The lowest BCUT2D eigenvalue weighted by atomic mass is 10.1. The summed E-state index contributed by atoms with van der Waals surface area (Å²) in [5, 5.41) is 3.37. The highest BCUT2D eigenvalue weighted by Gasteiger charge is 2.18. The molecule has 1 aliphatic rings. The summed E-state index contributed by atoms with van der Waals surface area (Å²) in [6, 6.07) is 13.6. The van der Waals surface area contributed by atoms with Crippen LogP contribution in [-0.2, 0) is 9.53 Å². The molecule has 4 aromatic rings. The number of amides is 1. The molecule has 3 aromatic heterocycles. The van der Waals surface area contributed by atoms with Crippen LogP contribution >= 0.6 is 0 Å². The predicted molar refractivity (Wildman–Crippen MR) is 125 cm³/mol. The maximum Gasteiger partial charge on any atom is 0.248 e. The van der Waals surface area contributed by atoms with Crippen molar-refractivity contribution in [2.24, 2.45) is 0 Å². The van der Waals surface area contributed by atoms with Gasteiger partial charge in [0.05, 0.1) is 18.6 Å². The molecule has 0 aliphatic carbocycles. The first-order chi connectivity index (χ1) is 16.2. The molecule has 4 heterocycles. The summed E-state index contributed by atoms with van der Waals surface area (Å²) in [5.41, 5.74) is 3.80. The summed E-state index contributed by atoms with van der Waals surface area (Å²) in [5.74, 6) is 0.898. The van der Waals surface area contributed by atoms with Crippen molar-refractivity contribution in [1.29, 1.82) is 0 Å². The van der Waals surface area contributed by atoms with Gasteiger partial charge in [-0.25, -0.2) is 15.0 Å². The first kappa shape index (κ1) is 20.7. The van der Waals surface area contributed by atoms with E-state index in [2.05, 4.69) is 48.9 Å². The standard InChI is InChI=1S/C24H22N6O3/c1-2-22(31)29-21-13-16(7-8-25-21)33-24-18-14-19(28-23(18)26-15-27-24)17-5-3-4-6-20(17)30-9-11-32-12-10-30/h2-8,13-15H,1,9-12H2,(H,25,29,31)(H,26,27,28). The second kappa shape index (κ2) is 9.09. The lowest BCUT2D eigenvalue weighted by Gasteiger charge is -2.30. The minimum atomic E-state index is -0.349. The van der Waals surface area contributed by atoms with E-state index < -0.39 is 0 Å². The van der Waals surface area contributed by atoms with E-state index in [1.807, 2.05) is 18.2 Å². The number of morpholine rings is 1. The largest absolute Gasteiger partial charge is 0.438 e. The number of aromatic nitrogens is 4. The van der Waals surface area contributed by atoms with Gasteiger partial charge >= 0.3 is 0 Å². The molecule has 33 heavy (non-hydrogen) atoms. The molecule has 2 N–H and O–H groups in total.